The molecule has 35 heavy (non-hydrogen) atoms. The molecule has 9 heteroatoms. The number of rotatable bonds is 17. The Morgan fingerprint density at radius 2 is 1.60 bits per heavy atom. The van der Waals surface area contributed by atoms with Gasteiger partial charge in [0.25, 0.3) is 11.6 Å². The third kappa shape index (κ3) is 9.68. The van der Waals surface area contributed by atoms with E-state index in [1.54, 1.807) is 0 Å². The summed E-state index contributed by atoms with van der Waals surface area (Å²) in [5, 5.41) is 26.9. The van der Waals surface area contributed by atoms with Gasteiger partial charge in [0, 0.05) is 29.6 Å². The average Bonchev–Trinajstić information content (AvgIpc) is 3.26. The van der Waals surface area contributed by atoms with Crippen LogP contribution in [0.15, 0.2) is 24.3 Å². The summed E-state index contributed by atoms with van der Waals surface area (Å²) in [6.45, 7) is 4.17. The summed E-state index contributed by atoms with van der Waals surface area (Å²) in [6, 6.07) is 4.63. The Kier molecular flexibility index (Phi) is 12.2. The Hall–Kier alpha value is -2.94. The molecule has 0 aliphatic carbocycles. The number of benzene rings is 1. The van der Waals surface area contributed by atoms with Crippen molar-refractivity contribution in [2.24, 2.45) is 0 Å². The Balaban J connectivity index is 1.71. The van der Waals surface area contributed by atoms with Gasteiger partial charge < -0.3 is 20.7 Å². The number of hydrogen-bond acceptors (Lipinski definition) is 5. The molecule has 0 unspecified atom stereocenters. The van der Waals surface area contributed by atoms with Crippen molar-refractivity contribution < 1.29 is 19.6 Å². The number of nitro groups is 1. The van der Waals surface area contributed by atoms with E-state index in [9.17, 15) is 24.8 Å². The second-order valence-corrected chi connectivity index (χ2v) is 9.23. The first kappa shape index (κ1) is 28.3. The zero-order valence-electron chi connectivity index (χ0n) is 21.0. The summed E-state index contributed by atoms with van der Waals surface area (Å²) in [6.07, 6.45) is 12.3. The molecular weight excluding hydrogens is 448 g/mol. The summed E-state index contributed by atoms with van der Waals surface area (Å²) in [4.78, 5) is 38.6. The molecule has 1 aromatic heterocycles. The molecular formula is C26H40N4O5. The Bertz CT molecular complexity index is 956. The predicted molar refractivity (Wildman–Crippen MR) is 137 cm³/mol. The van der Waals surface area contributed by atoms with Crippen molar-refractivity contribution in [1.29, 1.82) is 0 Å². The number of H-pyrrole nitrogens is 1. The lowest BCUT2D eigenvalue weighted by Gasteiger charge is -2.20. The normalized spacial score (nSPS) is 12.9. The highest BCUT2D eigenvalue weighted by molar-refractivity contribution is 6.00. The monoisotopic (exact) mass is 488 g/mol. The molecule has 0 aliphatic heterocycles. The number of aromatic nitrogens is 1. The first-order chi connectivity index (χ1) is 16.8. The van der Waals surface area contributed by atoms with Gasteiger partial charge in [-0.1, -0.05) is 71.1 Å². The minimum absolute atomic E-state index is 0.0768. The maximum absolute atomic E-state index is 12.7. The van der Waals surface area contributed by atoms with Crippen LogP contribution in [0.5, 0.6) is 0 Å². The standard InChI is InChI=1S/C26H40N4O5/c1-3-4-5-6-7-8-9-10-11-12-13-16-27-26(33)24(19(2)31)29-25(32)23-18-20-17-21(30(34)35)14-15-22(20)28-23/h14-15,17-19,24,28,31H,3-13,16H2,1-2H3,(H,27,33)(H,29,32)/t19-,24+/m1/s1. The number of non-ortho nitro benzene ring substituents is 1. The number of hydrogen-bond donors (Lipinski definition) is 4. The van der Waals surface area contributed by atoms with E-state index in [0.29, 0.717) is 17.4 Å². The molecule has 2 rings (SSSR count). The van der Waals surface area contributed by atoms with Crippen molar-refractivity contribution in [1.82, 2.24) is 15.6 Å². The van der Waals surface area contributed by atoms with Gasteiger partial charge in [-0.05, 0) is 25.5 Å². The number of carbonyl (C=O) groups excluding carboxylic acids is 2. The van der Waals surface area contributed by atoms with Crippen LogP contribution in [-0.2, 0) is 4.79 Å². The number of aromatic amines is 1. The number of carbonyl (C=O) groups is 2. The first-order valence-electron chi connectivity index (χ1n) is 12.9. The quantitative estimate of drug-likeness (QED) is 0.141. The van der Waals surface area contributed by atoms with Crippen LogP contribution in [-0.4, -0.2) is 45.5 Å². The SMILES string of the molecule is CCCCCCCCCCCCCNC(=O)[C@@H](NC(=O)c1cc2cc([N+](=O)[O-])ccc2[nH]1)[C@@H](C)O. The molecule has 2 aromatic rings. The third-order valence-electron chi connectivity index (χ3n) is 6.19. The van der Waals surface area contributed by atoms with Crippen molar-refractivity contribution >= 4 is 28.4 Å². The molecule has 194 valence electrons. The van der Waals surface area contributed by atoms with Crippen molar-refractivity contribution in [3.8, 4) is 0 Å². The van der Waals surface area contributed by atoms with Gasteiger partial charge in [-0.25, -0.2) is 0 Å². The topological polar surface area (TPSA) is 137 Å². The molecule has 0 saturated carbocycles. The van der Waals surface area contributed by atoms with Crippen molar-refractivity contribution in [3.05, 3.63) is 40.1 Å². The number of nitrogens with one attached hydrogen (secondary N) is 3. The van der Waals surface area contributed by atoms with E-state index in [1.807, 2.05) is 0 Å². The summed E-state index contributed by atoms with van der Waals surface area (Å²) in [5.41, 5.74) is 0.645. The van der Waals surface area contributed by atoms with Crippen LogP contribution >= 0.6 is 0 Å². The number of nitro benzene ring substituents is 1. The number of aliphatic hydroxyl groups excluding tert-OH is 1. The van der Waals surface area contributed by atoms with Crippen molar-refractivity contribution in [2.45, 2.75) is 96.6 Å². The lowest BCUT2D eigenvalue weighted by Crippen LogP contribution is -2.52. The maximum Gasteiger partial charge on any atom is 0.270 e. The third-order valence-corrected chi connectivity index (χ3v) is 6.19. The van der Waals surface area contributed by atoms with Gasteiger partial charge >= 0.3 is 0 Å². The zero-order valence-corrected chi connectivity index (χ0v) is 21.0. The molecule has 0 saturated heterocycles. The molecule has 0 aliphatic rings. The first-order valence-corrected chi connectivity index (χ1v) is 12.9. The van der Waals surface area contributed by atoms with Gasteiger partial charge in [0.05, 0.1) is 11.0 Å². The van der Waals surface area contributed by atoms with Crippen LogP contribution in [0.4, 0.5) is 5.69 Å². The summed E-state index contributed by atoms with van der Waals surface area (Å²) in [5.74, 6) is -1.01. The number of fused-ring (bicyclic) bond motifs is 1. The van der Waals surface area contributed by atoms with Crippen LogP contribution < -0.4 is 10.6 Å². The van der Waals surface area contributed by atoms with Gasteiger partial charge in [-0.2, -0.15) is 0 Å². The zero-order chi connectivity index (χ0) is 25.6. The lowest BCUT2D eigenvalue weighted by atomic mass is 10.1. The Morgan fingerprint density at radius 3 is 2.17 bits per heavy atom. The van der Waals surface area contributed by atoms with Gasteiger partial charge in [0.15, 0.2) is 0 Å². The Morgan fingerprint density at radius 1 is 1.00 bits per heavy atom. The molecule has 1 aromatic carbocycles. The second-order valence-electron chi connectivity index (χ2n) is 9.23. The summed E-state index contributed by atoms with van der Waals surface area (Å²) < 4.78 is 0. The fourth-order valence-electron chi connectivity index (χ4n) is 4.09. The molecule has 2 atom stereocenters. The highest BCUT2D eigenvalue weighted by Gasteiger charge is 2.26. The minimum atomic E-state index is -1.10. The smallest absolute Gasteiger partial charge is 0.270 e. The van der Waals surface area contributed by atoms with Crippen LogP contribution in [0.1, 0.15) is 95.0 Å². The molecule has 0 spiro atoms. The molecule has 2 amide bonds. The van der Waals surface area contributed by atoms with Crippen LogP contribution in [0, 0.1) is 10.1 Å². The molecule has 0 bridgehead atoms. The molecule has 0 radical (unpaired) electrons. The fourth-order valence-corrected chi connectivity index (χ4v) is 4.09. The van der Waals surface area contributed by atoms with Crippen molar-refractivity contribution in [2.75, 3.05) is 6.54 Å². The van der Waals surface area contributed by atoms with Crippen LogP contribution in [0.25, 0.3) is 10.9 Å². The van der Waals surface area contributed by atoms with E-state index in [4.69, 9.17) is 0 Å². The number of nitrogens with zero attached hydrogens (tertiary/aromatic N) is 1. The van der Waals surface area contributed by atoms with Gasteiger partial charge in [0.1, 0.15) is 11.7 Å². The van der Waals surface area contributed by atoms with E-state index in [1.165, 1.54) is 82.6 Å². The second kappa shape index (κ2) is 15.1. The number of amides is 2. The highest BCUT2D eigenvalue weighted by Crippen LogP contribution is 2.21. The predicted octanol–water partition coefficient (Wildman–Crippen LogP) is 4.98. The van der Waals surface area contributed by atoms with Gasteiger partial charge in [0.2, 0.25) is 5.91 Å². The maximum atomic E-state index is 12.7. The van der Waals surface area contributed by atoms with Crippen LogP contribution in [0.3, 0.4) is 0 Å². The summed E-state index contributed by atoms with van der Waals surface area (Å²) >= 11 is 0. The van der Waals surface area contributed by atoms with E-state index in [2.05, 4.69) is 22.5 Å². The number of aliphatic hydroxyl groups is 1. The lowest BCUT2D eigenvalue weighted by molar-refractivity contribution is -0.384. The minimum Gasteiger partial charge on any atom is -0.391 e. The average molecular weight is 489 g/mol. The Labute approximate surface area is 207 Å². The van der Waals surface area contributed by atoms with Gasteiger partial charge in [-0.3, -0.25) is 19.7 Å². The van der Waals surface area contributed by atoms with Gasteiger partial charge in [-0.15, -0.1) is 0 Å². The van der Waals surface area contributed by atoms with E-state index >= 15 is 0 Å². The number of unbranched alkanes of at least 4 members (excludes halogenated alkanes) is 10. The van der Waals surface area contributed by atoms with E-state index in [0.717, 1.165) is 19.3 Å². The van der Waals surface area contributed by atoms with Crippen molar-refractivity contribution in [3.63, 3.8) is 0 Å². The molecule has 0 fully saturated rings. The molecule has 9 nitrogen and oxygen atoms in total. The van der Waals surface area contributed by atoms with E-state index in [-0.39, 0.29) is 11.4 Å². The van der Waals surface area contributed by atoms with E-state index < -0.39 is 28.9 Å². The largest absolute Gasteiger partial charge is 0.391 e. The summed E-state index contributed by atoms with van der Waals surface area (Å²) in [7, 11) is 0. The molecule has 4 N–H and O–H groups in total. The highest BCUT2D eigenvalue weighted by atomic mass is 16.6. The fraction of sp³-hybridized carbons (Fsp3) is 0.615. The molecule has 1 heterocycles. The van der Waals surface area contributed by atoms with Crippen LogP contribution in [0.2, 0.25) is 0 Å².